The van der Waals surface area contributed by atoms with Gasteiger partial charge in [0.05, 0.1) is 0 Å². The second-order valence-corrected chi connectivity index (χ2v) is 3.74. The van der Waals surface area contributed by atoms with E-state index in [1.54, 1.807) is 0 Å². The van der Waals surface area contributed by atoms with E-state index >= 15 is 0 Å². The number of rotatable bonds is 2. The van der Waals surface area contributed by atoms with Crippen molar-refractivity contribution in [3.63, 3.8) is 0 Å². The molecule has 1 rings (SSSR count). The fourth-order valence-electron chi connectivity index (χ4n) is 1.26. The summed E-state index contributed by atoms with van der Waals surface area (Å²) in [6, 6.07) is 4.82. The Balaban J connectivity index is 3.25. The average molecular weight is 282 g/mol. The lowest BCUT2D eigenvalue weighted by Crippen LogP contribution is -2.68. The lowest BCUT2D eigenvalue weighted by Gasteiger charge is -2.08. The molecule has 0 aromatic heterocycles. The summed E-state index contributed by atoms with van der Waals surface area (Å²) in [6.07, 6.45) is -4.72. The Bertz CT molecular complexity index is 489. The predicted octanol–water partition coefficient (Wildman–Crippen LogP) is 1.30. The molecule has 18 heavy (non-hydrogen) atoms. The molecule has 0 fully saturated rings. The average Bonchev–Trinajstić information content (AvgIpc) is 2.30. The second-order valence-electron chi connectivity index (χ2n) is 3.36. The molecule has 0 saturated carbocycles. The van der Waals surface area contributed by atoms with E-state index in [-0.39, 0.29) is 5.71 Å². The molecule has 0 aliphatic heterocycles. The van der Waals surface area contributed by atoms with Crippen LogP contribution < -0.4 is 10.7 Å². The third-order valence-corrected chi connectivity index (χ3v) is 2.54. The number of nitrogens with two attached hydrogens (primary N) is 1. The highest BCUT2D eigenvalue weighted by Gasteiger charge is 2.36. The van der Waals surface area contributed by atoms with Crippen LogP contribution >= 0.6 is 11.6 Å². The number of hydrogen-bond acceptors (Lipinski definition) is 1. The molecule has 0 radical (unpaired) electrons. The summed E-state index contributed by atoms with van der Waals surface area (Å²) < 4.78 is 49.9. The minimum atomic E-state index is -4.72. The maximum Gasteiger partial charge on any atom is 0.432 e. The summed E-state index contributed by atoms with van der Waals surface area (Å²) in [4.78, 5) is 2.51. The van der Waals surface area contributed by atoms with Crippen molar-refractivity contribution < 1.29 is 22.6 Å². The van der Waals surface area contributed by atoms with Gasteiger partial charge in [0, 0.05) is 5.56 Å². The van der Waals surface area contributed by atoms with E-state index in [1.165, 1.54) is 19.2 Å². The van der Waals surface area contributed by atoms with Crippen LogP contribution in [-0.4, -0.2) is 18.9 Å². The topological polar surface area (TPSA) is 40.0 Å². The fraction of sp³-hybridized carbons (Fsp3) is 0.182. The Kier molecular flexibility index (Phi) is 4.34. The molecule has 0 spiro atoms. The highest BCUT2D eigenvalue weighted by Crippen LogP contribution is 2.26. The smallest absolute Gasteiger partial charge is 0.393 e. The molecular weight excluding hydrogens is 272 g/mol. The van der Waals surface area contributed by atoms with Gasteiger partial charge in [0.25, 0.3) is 0 Å². The number of benzene rings is 1. The minimum Gasteiger partial charge on any atom is -0.393 e. The van der Waals surface area contributed by atoms with Gasteiger partial charge in [-0.2, -0.15) is 13.2 Å². The lowest BCUT2D eigenvalue weighted by atomic mass is 10.1. The van der Waals surface area contributed by atoms with Crippen molar-refractivity contribution >= 4 is 17.3 Å². The van der Waals surface area contributed by atoms with Gasteiger partial charge in [0.2, 0.25) is 5.71 Å². The zero-order valence-electron chi connectivity index (χ0n) is 9.28. The Morgan fingerprint density at radius 3 is 2.11 bits per heavy atom. The summed E-state index contributed by atoms with van der Waals surface area (Å²) >= 11 is 5.60. The quantitative estimate of drug-likeness (QED) is 0.622. The SMILES string of the molecule is C[NH+]=C(C(Cl)=C(N)C(F)(F)F)c1ccc(F)cc1. The molecule has 0 aliphatic carbocycles. The van der Waals surface area contributed by atoms with Crippen LogP contribution in [0.1, 0.15) is 5.56 Å². The molecule has 1 aromatic rings. The molecule has 98 valence electrons. The van der Waals surface area contributed by atoms with Crippen molar-refractivity contribution in [2.24, 2.45) is 5.73 Å². The molecule has 3 N–H and O–H groups in total. The molecule has 0 aliphatic rings. The van der Waals surface area contributed by atoms with Gasteiger partial charge in [-0.15, -0.1) is 0 Å². The first-order valence-corrected chi connectivity index (χ1v) is 5.18. The summed E-state index contributed by atoms with van der Waals surface area (Å²) in [6.45, 7) is 0. The highest BCUT2D eigenvalue weighted by atomic mass is 35.5. The molecule has 2 nitrogen and oxygen atoms in total. The van der Waals surface area contributed by atoms with Crippen molar-refractivity contribution in [2.75, 3.05) is 7.05 Å². The molecule has 7 heteroatoms. The Morgan fingerprint density at radius 2 is 1.72 bits per heavy atom. The molecular formula is C11H10ClF4N2+. The van der Waals surface area contributed by atoms with Crippen LogP contribution in [-0.2, 0) is 0 Å². The predicted molar refractivity (Wildman–Crippen MR) is 60.5 cm³/mol. The maximum absolute atomic E-state index is 12.7. The van der Waals surface area contributed by atoms with Crippen LogP contribution in [0.15, 0.2) is 35.0 Å². The Morgan fingerprint density at radius 1 is 1.22 bits per heavy atom. The van der Waals surface area contributed by atoms with Crippen LogP contribution in [0.4, 0.5) is 17.6 Å². The van der Waals surface area contributed by atoms with Gasteiger partial charge < -0.3 is 5.73 Å². The number of nitrogens with one attached hydrogen (secondary N) is 1. The molecule has 0 heterocycles. The van der Waals surface area contributed by atoms with Crippen LogP contribution in [0.5, 0.6) is 0 Å². The van der Waals surface area contributed by atoms with Crippen LogP contribution in [0, 0.1) is 5.82 Å². The fourth-order valence-corrected chi connectivity index (χ4v) is 1.57. The van der Waals surface area contributed by atoms with Gasteiger partial charge in [-0.3, -0.25) is 0 Å². The monoisotopic (exact) mass is 281 g/mol. The minimum absolute atomic E-state index is 0.0218. The van der Waals surface area contributed by atoms with Gasteiger partial charge in [0.1, 0.15) is 23.6 Å². The van der Waals surface area contributed by atoms with Crippen molar-refractivity contribution in [1.29, 1.82) is 0 Å². The number of hydrogen-bond donors (Lipinski definition) is 2. The molecule has 0 bridgehead atoms. The molecule has 0 saturated heterocycles. The van der Waals surface area contributed by atoms with Crippen LogP contribution in [0.3, 0.4) is 0 Å². The molecule has 0 atom stereocenters. The van der Waals surface area contributed by atoms with E-state index in [1.807, 2.05) is 0 Å². The number of halogens is 5. The molecule has 1 aromatic carbocycles. The van der Waals surface area contributed by atoms with Crippen molar-refractivity contribution in [1.82, 2.24) is 0 Å². The summed E-state index contributed by atoms with van der Waals surface area (Å²) in [5.74, 6) is -0.502. The van der Waals surface area contributed by atoms with Crippen molar-refractivity contribution in [2.45, 2.75) is 6.18 Å². The highest BCUT2D eigenvalue weighted by molar-refractivity contribution is 6.45. The van der Waals surface area contributed by atoms with Gasteiger partial charge in [-0.25, -0.2) is 9.38 Å². The van der Waals surface area contributed by atoms with Gasteiger partial charge in [-0.1, -0.05) is 11.6 Å². The third kappa shape index (κ3) is 3.22. The van der Waals surface area contributed by atoms with Crippen LogP contribution in [0.25, 0.3) is 0 Å². The molecule has 0 amide bonds. The summed E-state index contributed by atoms with van der Waals surface area (Å²) in [7, 11) is 1.39. The van der Waals surface area contributed by atoms with Crippen LogP contribution in [0.2, 0.25) is 0 Å². The van der Waals surface area contributed by atoms with Gasteiger partial charge in [-0.05, 0) is 24.3 Å². The number of allylic oxidation sites excluding steroid dienone is 2. The van der Waals surface area contributed by atoms with Crippen molar-refractivity contribution in [3.05, 3.63) is 46.4 Å². The van der Waals surface area contributed by atoms with E-state index in [0.717, 1.165) is 12.1 Å². The van der Waals surface area contributed by atoms with E-state index in [2.05, 4.69) is 4.99 Å². The van der Waals surface area contributed by atoms with Gasteiger partial charge >= 0.3 is 6.18 Å². The van der Waals surface area contributed by atoms with E-state index < -0.39 is 22.7 Å². The Hall–Kier alpha value is -1.56. The summed E-state index contributed by atoms with van der Waals surface area (Å²) in [5.41, 5.74) is 3.80. The van der Waals surface area contributed by atoms with E-state index in [9.17, 15) is 17.6 Å². The first-order valence-electron chi connectivity index (χ1n) is 4.80. The van der Waals surface area contributed by atoms with E-state index in [0.29, 0.717) is 5.56 Å². The van der Waals surface area contributed by atoms with E-state index in [4.69, 9.17) is 17.3 Å². The largest absolute Gasteiger partial charge is 0.432 e. The summed E-state index contributed by atoms with van der Waals surface area (Å²) in [5, 5.41) is -0.656. The lowest BCUT2D eigenvalue weighted by molar-refractivity contribution is -0.418. The number of alkyl halides is 3. The maximum atomic E-state index is 12.7. The molecule has 0 unspecified atom stereocenters. The standard InChI is InChI=1S/C11H9ClF4N2/c1-18-9(6-2-4-7(13)5-3-6)8(12)10(17)11(14,15)16/h2-5H,17H2,1H3/p+1. The Labute approximate surface area is 106 Å². The first kappa shape index (κ1) is 14.5. The van der Waals surface area contributed by atoms with Crippen molar-refractivity contribution in [3.8, 4) is 0 Å². The first-order chi connectivity index (χ1) is 8.27. The van der Waals surface area contributed by atoms with Gasteiger partial charge in [0.15, 0.2) is 0 Å². The normalized spacial score (nSPS) is 14.4. The second kappa shape index (κ2) is 5.39. The third-order valence-electron chi connectivity index (χ3n) is 2.14. The zero-order chi connectivity index (χ0) is 13.9. The zero-order valence-corrected chi connectivity index (χ0v) is 10.0.